The van der Waals surface area contributed by atoms with Crippen LogP contribution in [0.1, 0.15) is 31.9 Å². The third-order valence-corrected chi connectivity index (χ3v) is 4.28. The number of benzene rings is 2. The van der Waals surface area contributed by atoms with E-state index in [2.05, 4.69) is 10.3 Å². The van der Waals surface area contributed by atoms with Gasteiger partial charge in [0.2, 0.25) is 0 Å². The van der Waals surface area contributed by atoms with Crippen LogP contribution in [-0.4, -0.2) is 33.8 Å². The molecule has 1 heterocycles. The summed E-state index contributed by atoms with van der Waals surface area (Å²) in [7, 11) is 0. The SMILES string of the molecule is CC(C)(C)OC(=O)NC(Cc1cccc(OCc2ccccc2)c1)C(=O)O.Nc1ccncc1. The summed E-state index contributed by atoms with van der Waals surface area (Å²) in [4.78, 5) is 27.1. The Bertz CT molecular complexity index is 1040. The molecule has 3 aromatic rings. The van der Waals surface area contributed by atoms with E-state index in [9.17, 15) is 14.7 Å². The second-order valence-corrected chi connectivity index (χ2v) is 8.44. The molecule has 2 aromatic carbocycles. The van der Waals surface area contributed by atoms with Gasteiger partial charge in [-0.2, -0.15) is 0 Å². The molecule has 180 valence electrons. The molecule has 3 rings (SSSR count). The molecule has 0 saturated heterocycles. The van der Waals surface area contributed by atoms with Crippen LogP contribution in [0.4, 0.5) is 10.5 Å². The molecule has 0 fully saturated rings. The number of aromatic nitrogens is 1. The highest BCUT2D eigenvalue weighted by Crippen LogP contribution is 2.17. The average Bonchev–Trinajstić information content (AvgIpc) is 2.78. The molecule has 0 bridgehead atoms. The molecule has 1 unspecified atom stereocenters. The highest BCUT2D eigenvalue weighted by Gasteiger charge is 2.24. The Kier molecular flexibility index (Phi) is 9.89. The number of nitrogen functional groups attached to an aromatic ring is 1. The van der Waals surface area contributed by atoms with Crippen LogP contribution in [0.15, 0.2) is 79.1 Å². The van der Waals surface area contributed by atoms with Crippen molar-refractivity contribution in [3.8, 4) is 5.75 Å². The number of carbonyl (C=O) groups is 2. The summed E-state index contributed by atoms with van der Waals surface area (Å²) in [6.07, 6.45) is 2.69. The van der Waals surface area contributed by atoms with E-state index in [1.54, 1.807) is 63.5 Å². The molecular formula is C26H31N3O5. The van der Waals surface area contributed by atoms with Crippen molar-refractivity contribution in [3.05, 3.63) is 90.3 Å². The summed E-state index contributed by atoms with van der Waals surface area (Å²) in [5.74, 6) is -0.491. The van der Waals surface area contributed by atoms with Crippen LogP contribution in [0.2, 0.25) is 0 Å². The number of rotatable bonds is 7. The fraction of sp³-hybridized carbons (Fsp3) is 0.269. The molecule has 4 N–H and O–H groups in total. The largest absolute Gasteiger partial charge is 0.489 e. The molecular weight excluding hydrogens is 434 g/mol. The second-order valence-electron chi connectivity index (χ2n) is 8.44. The highest BCUT2D eigenvalue weighted by atomic mass is 16.6. The number of amides is 1. The Morgan fingerprint density at radius 3 is 2.21 bits per heavy atom. The minimum atomic E-state index is -1.13. The number of nitrogens with zero attached hydrogens (tertiary/aromatic N) is 1. The van der Waals surface area contributed by atoms with Crippen molar-refractivity contribution in [1.29, 1.82) is 0 Å². The molecule has 1 aromatic heterocycles. The van der Waals surface area contributed by atoms with Gasteiger partial charge in [-0.3, -0.25) is 4.98 Å². The van der Waals surface area contributed by atoms with Crippen molar-refractivity contribution < 1.29 is 24.2 Å². The van der Waals surface area contributed by atoms with Crippen molar-refractivity contribution in [2.75, 3.05) is 5.73 Å². The number of hydrogen-bond donors (Lipinski definition) is 3. The molecule has 0 saturated carbocycles. The van der Waals surface area contributed by atoms with Gasteiger partial charge in [-0.1, -0.05) is 42.5 Å². The summed E-state index contributed by atoms with van der Waals surface area (Å²) in [5, 5.41) is 11.8. The first kappa shape index (κ1) is 26.2. The zero-order chi connectivity index (χ0) is 25.0. The Morgan fingerprint density at radius 1 is 1.00 bits per heavy atom. The number of carboxylic acid groups (broad SMARTS) is 1. The lowest BCUT2D eigenvalue weighted by molar-refractivity contribution is -0.139. The molecule has 8 heteroatoms. The Morgan fingerprint density at radius 2 is 1.65 bits per heavy atom. The van der Waals surface area contributed by atoms with Gasteiger partial charge < -0.3 is 25.6 Å². The molecule has 8 nitrogen and oxygen atoms in total. The minimum Gasteiger partial charge on any atom is -0.489 e. The smallest absolute Gasteiger partial charge is 0.408 e. The number of pyridine rings is 1. The predicted octanol–water partition coefficient (Wildman–Crippen LogP) is 4.45. The summed E-state index contributed by atoms with van der Waals surface area (Å²) >= 11 is 0. The third kappa shape index (κ3) is 10.5. The molecule has 0 aliphatic carbocycles. The van der Waals surface area contributed by atoms with Gasteiger partial charge in [0.15, 0.2) is 0 Å². The maximum absolute atomic E-state index is 11.9. The number of hydrogen-bond acceptors (Lipinski definition) is 6. The van der Waals surface area contributed by atoms with Crippen LogP contribution in [0, 0.1) is 0 Å². The number of anilines is 1. The quantitative estimate of drug-likeness (QED) is 0.471. The van der Waals surface area contributed by atoms with Crippen molar-refractivity contribution >= 4 is 17.7 Å². The van der Waals surface area contributed by atoms with E-state index in [0.717, 1.165) is 16.8 Å². The summed E-state index contributed by atoms with van der Waals surface area (Å²) in [5.41, 5.74) is 7.16. The van der Waals surface area contributed by atoms with E-state index >= 15 is 0 Å². The monoisotopic (exact) mass is 465 g/mol. The van der Waals surface area contributed by atoms with E-state index in [1.165, 1.54) is 0 Å². The van der Waals surface area contributed by atoms with E-state index < -0.39 is 23.7 Å². The van der Waals surface area contributed by atoms with Crippen LogP contribution < -0.4 is 15.8 Å². The second kappa shape index (κ2) is 12.8. The molecule has 0 spiro atoms. The van der Waals surface area contributed by atoms with Gasteiger partial charge in [-0.25, -0.2) is 9.59 Å². The van der Waals surface area contributed by atoms with Crippen LogP contribution >= 0.6 is 0 Å². The molecule has 0 radical (unpaired) electrons. The van der Waals surface area contributed by atoms with Gasteiger partial charge in [-0.05, 0) is 56.2 Å². The molecule has 1 atom stereocenters. The van der Waals surface area contributed by atoms with E-state index in [0.29, 0.717) is 12.4 Å². The zero-order valence-electron chi connectivity index (χ0n) is 19.6. The standard InChI is InChI=1S/C21H25NO5.C5H6N2/c1-21(2,3)27-20(25)22-18(19(23)24)13-16-10-7-11-17(12-16)26-14-15-8-5-4-6-9-15;6-5-1-3-7-4-2-5/h4-12,18H,13-14H2,1-3H3,(H,22,25)(H,23,24);1-4H,(H2,6,7). The lowest BCUT2D eigenvalue weighted by atomic mass is 10.1. The van der Waals surface area contributed by atoms with Gasteiger partial charge in [0.25, 0.3) is 0 Å². The van der Waals surface area contributed by atoms with Crippen LogP contribution in [0.25, 0.3) is 0 Å². The number of aliphatic carboxylic acids is 1. The highest BCUT2D eigenvalue weighted by molar-refractivity contribution is 5.80. The molecule has 34 heavy (non-hydrogen) atoms. The summed E-state index contributed by atoms with van der Waals surface area (Å²) in [6.45, 7) is 5.57. The maximum atomic E-state index is 11.9. The van der Waals surface area contributed by atoms with E-state index in [-0.39, 0.29) is 6.42 Å². The molecule has 1 amide bonds. The van der Waals surface area contributed by atoms with Crippen LogP contribution in [-0.2, 0) is 22.6 Å². The third-order valence-electron chi connectivity index (χ3n) is 4.28. The van der Waals surface area contributed by atoms with Crippen molar-refractivity contribution in [1.82, 2.24) is 10.3 Å². The van der Waals surface area contributed by atoms with Gasteiger partial charge in [0.1, 0.15) is 24.0 Å². The first-order valence-corrected chi connectivity index (χ1v) is 10.8. The van der Waals surface area contributed by atoms with Crippen LogP contribution in [0.3, 0.4) is 0 Å². The first-order chi connectivity index (χ1) is 16.1. The summed E-state index contributed by atoms with van der Waals surface area (Å²) < 4.78 is 10.9. The zero-order valence-corrected chi connectivity index (χ0v) is 19.6. The predicted molar refractivity (Wildman–Crippen MR) is 130 cm³/mol. The first-order valence-electron chi connectivity index (χ1n) is 10.8. The van der Waals surface area contributed by atoms with Gasteiger partial charge in [0, 0.05) is 24.5 Å². The van der Waals surface area contributed by atoms with E-state index in [1.807, 2.05) is 36.4 Å². The van der Waals surface area contributed by atoms with Crippen molar-refractivity contribution in [2.45, 2.75) is 45.4 Å². The Balaban J connectivity index is 0.000000497. The van der Waals surface area contributed by atoms with Gasteiger partial charge in [-0.15, -0.1) is 0 Å². The lowest BCUT2D eigenvalue weighted by Gasteiger charge is -2.22. The van der Waals surface area contributed by atoms with Crippen LogP contribution in [0.5, 0.6) is 5.75 Å². The number of ether oxygens (including phenoxy) is 2. The minimum absolute atomic E-state index is 0.122. The number of alkyl carbamates (subject to hydrolysis) is 1. The summed E-state index contributed by atoms with van der Waals surface area (Å²) in [6, 6.07) is 19.3. The molecule has 0 aliphatic rings. The van der Waals surface area contributed by atoms with Crippen molar-refractivity contribution in [2.24, 2.45) is 0 Å². The average molecular weight is 466 g/mol. The topological polar surface area (TPSA) is 124 Å². The Labute approximate surface area is 199 Å². The van der Waals surface area contributed by atoms with Gasteiger partial charge in [0.05, 0.1) is 0 Å². The Hall–Kier alpha value is -4.07. The number of nitrogens with one attached hydrogen (secondary N) is 1. The maximum Gasteiger partial charge on any atom is 0.408 e. The molecule has 0 aliphatic heterocycles. The van der Waals surface area contributed by atoms with E-state index in [4.69, 9.17) is 15.2 Å². The van der Waals surface area contributed by atoms with Crippen molar-refractivity contribution in [3.63, 3.8) is 0 Å². The number of carboxylic acids is 1. The fourth-order valence-corrected chi connectivity index (χ4v) is 2.75. The number of carbonyl (C=O) groups excluding carboxylic acids is 1. The normalized spacial score (nSPS) is 11.4. The lowest BCUT2D eigenvalue weighted by Crippen LogP contribution is -2.44. The van der Waals surface area contributed by atoms with Gasteiger partial charge >= 0.3 is 12.1 Å². The number of nitrogens with two attached hydrogens (primary N) is 1. The fourth-order valence-electron chi connectivity index (χ4n) is 2.75.